The Labute approximate surface area is 320 Å². The first kappa shape index (κ1) is 45.3. The molecule has 1 aromatic carbocycles. The van der Waals surface area contributed by atoms with Crippen molar-refractivity contribution >= 4 is 41.0 Å². The average molecular weight is 758 g/mol. The van der Waals surface area contributed by atoms with Crippen molar-refractivity contribution in [1.82, 2.24) is 25.4 Å². The highest BCUT2D eigenvalue weighted by Crippen LogP contribution is 2.31. The maximum absolute atomic E-state index is 14.2. The fourth-order valence-corrected chi connectivity index (χ4v) is 7.01. The third-order valence-electron chi connectivity index (χ3n) is 9.65. The molecule has 0 aliphatic rings. The van der Waals surface area contributed by atoms with Crippen LogP contribution in [0.15, 0.2) is 35.7 Å². The Bertz CT molecular complexity index is 1450. The molecule has 2 aromatic rings. The summed E-state index contributed by atoms with van der Waals surface area (Å²) in [5.41, 5.74) is 1.10. The molecule has 2 rings (SSSR count). The van der Waals surface area contributed by atoms with Crippen molar-refractivity contribution in [1.29, 1.82) is 0 Å². The van der Waals surface area contributed by atoms with Gasteiger partial charge in [0.1, 0.15) is 16.7 Å². The molecular formula is C40H63N5O7S. The van der Waals surface area contributed by atoms with E-state index in [1.807, 2.05) is 76.9 Å². The van der Waals surface area contributed by atoms with Crippen LogP contribution in [0.5, 0.6) is 0 Å². The third-order valence-corrected chi connectivity index (χ3v) is 10.6. The van der Waals surface area contributed by atoms with Crippen LogP contribution in [0.25, 0.3) is 0 Å². The van der Waals surface area contributed by atoms with Gasteiger partial charge in [0.15, 0.2) is 6.10 Å². The van der Waals surface area contributed by atoms with E-state index in [1.165, 1.54) is 11.3 Å². The number of amides is 3. The first-order valence-corrected chi connectivity index (χ1v) is 20.0. The number of nitrogens with one attached hydrogen (secondary N) is 2. The second kappa shape index (κ2) is 23.1. The van der Waals surface area contributed by atoms with Crippen molar-refractivity contribution in [3.63, 3.8) is 0 Å². The van der Waals surface area contributed by atoms with Crippen molar-refractivity contribution in [3.8, 4) is 0 Å². The molecule has 0 bridgehead atoms. The van der Waals surface area contributed by atoms with Gasteiger partial charge in [-0.15, -0.1) is 11.3 Å². The number of thiazole rings is 1. The van der Waals surface area contributed by atoms with Crippen molar-refractivity contribution in [2.45, 2.75) is 124 Å². The summed E-state index contributed by atoms with van der Waals surface area (Å²) in [6.07, 6.45) is 3.55. The van der Waals surface area contributed by atoms with Crippen LogP contribution in [0.3, 0.4) is 0 Å². The Balaban J connectivity index is 2.34. The molecule has 0 saturated heterocycles. The molecule has 0 fully saturated rings. The van der Waals surface area contributed by atoms with E-state index in [0.717, 1.165) is 24.9 Å². The third kappa shape index (κ3) is 15.2. The number of aliphatic carboxylic acids is 1. The Hall–Kier alpha value is -3.84. The summed E-state index contributed by atoms with van der Waals surface area (Å²) in [4.78, 5) is 73.6. The maximum atomic E-state index is 14.2. The van der Waals surface area contributed by atoms with Crippen LogP contribution in [0, 0.1) is 17.8 Å². The summed E-state index contributed by atoms with van der Waals surface area (Å²) in [5.74, 6) is -3.08. The van der Waals surface area contributed by atoms with E-state index in [2.05, 4.69) is 22.5 Å². The predicted octanol–water partition coefficient (Wildman–Crippen LogP) is 6.12. The van der Waals surface area contributed by atoms with Crippen LogP contribution in [0.2, 0.25) is 0 Å². The van der Waals surface area contributed by atoms with E-state index < -0.39 is 48.0 Å². The van der Waals surface area contributed by atoms with Crippen molar-refractivity contribution < 1.29 is 33.8 Å². The fraction of sp³-hybridized carbons (Fsp3) is 0.650. The lowest BCUT2D eigenvalue weighted by atomic mass is 9.93. The molecule has 0 saturated carbocycles. The zero-order valence-corrected chi connectivity index (χ0v) is 34.0. The Kier molecular flexibility index (Phi) is 19.7. The van der Waals surface area contributed by atoms with Crippen LogP contribution >= 0.6 is 11.3 Å². The van der Waals surface area contributed by atoms with Crippen LogP contribution in [0.1, 0.15) is 121 Å². The number of carboxylic acid groups (broad SMARTS) is 1. The summed E-state index contributed by atoms with van der Waals surface area (Å²) >= 11 is 1.20. The van der Waals surface area contributed by atoms with E-state index in [0.29, 0.717) is 24.3 Å². The Morgan fingerprint density at radius 3 is 2.21 bits per heavy atom. The minimum absolute atomic E-state index is 0.0533. The van der Waals surface area contributed by atoms with Crippen molar-refractivity contribution in [2.75, 3.05) is 27.2 Å². The van der Waals surface area contributed by atoms with Gasteiger partial charge in [-0.05, 0) is 56.7 Å². The monoisotopic (exact) mass is 757 g/mol. The number of carbonyl (C=O) groups is 5. The van der Waals surface area contributed by atoms with Crippen LogP contribution < -0.4 is 10.6 Å². The number of hydrogen-bond acceptors (Lipinski definition) is 9. The molecule has 296 valence electrons. The van der Waals surface area contributed by atoms with Crippen LogP contribution in [0.4, 0.5) is 0 Å². The van der Waals surface area contributed by atoms with E-state index >= 15 is 0 Å². The van der Waals surface area contributed by atoms with Gasteiger partial charge in [0, 0.05) is 37.4 Å². The first-order valence-electron chi connectivity index (χ1n) is 19.1. The SMILES string of the molecule is CCCCN(C)CC(=O)N[C@H](C(=O)N(C)[C@H](C[C@@H](OC(=O)CCC)c1nc(C(=O)N[C@@H](Cc2ccccc2)C[C@H](C)C(=O)O)cs1)C(C)C)[C@@H](C)CC. The number of carbonyl (C=O) groups excluding carboxylic acids is 4. The molecule has 1 heterocycles. The lowest BCUT2D eigenvalue weighted by Gasteiger charge is -2.37. The number of unbranched alkanes of at least 4 members (excludes halogenated alkanes) is 1. The molecule has 0 unspecified atom stereocenters. The molecule has 0 aliphatic carbocycles. The number of aromatic nitrogens is 1. The number of esters is 1. The zero-order chi connectivity index (χ0) is 39.7. The summed E-state index contributed by atoms with van der Waals surface area (Å²) < 4.78 is 5.99. The molecular weight excluding hydrogens is 695 g/mol. The van der Waals surface area contributed by atoms with Gasteiger partial charge in [-0.2, -0.15) is 0 Å². The van der Waals surface area contributed by atoms with Gasteiger partial charge in [-0.3, -0.25) is 28.9 Å². The molecule has 12 nitrogen and oxygen atoms in total. The van der Waals surface area contributed by atoms with Gasteiger partial charge in [-0.25, -0.2) is 4.98 Å². The summed E-state index contributed by atoms with van der Waals surface area (Å²) in [7, 11) is 3.62. The zero-order valence-electron chi connectivity index (χ0n) is 33.2. The van der Waals surface area contributed by atoms with Crippen LogP contribution in [-0.4, -0.2) is 94.9 Å². The summed E-state index contributed by atoms with van der Waals surface area (Å²) in [6.45, 7) is 14.5. The van der Waals surface area contributed by atoms with Crippen LogP contribution in [-0.2, 0) is 30.3 Å². The molecule has 1 aromatic heterocycles. The van der Waals surface area contributed by atoms with E-state index in [1.54, 1.807) is 24.3 Å². The van der Waals surface area contributed by atoms with Gasteiger partial charge >= 0.3 is 11.9 Å². The molecule has 0 radical (unpaired) electrons. The molecule has 3 amide bonds. The highest BCUT2D eigenvalue weighted by molar-refractivity contribution is 7.09. The molecule has 0 spiro atoms. The maximum Gasteiger partial charge on any atom is 0.306 e. The Morgan fingerprint density at radius 1 is 0.943 bits per heavy atom. The molecule has 53 heavy (non-hydrogen) atoms. The molecule has 3 N–H and O–H groups in total. The fourth-order valence-electron chi connectivity index (χ4n) is 6.17. The topological polar surface area (TPSA) is 158 Å². The number of nitrogens with zero attached hydrogens (tertiary/aromatic N) is 3. The minimum Gasteiger partial charge on any atom is -0.481 e. The van der Waals surface area contributed by atoms with Gasteiger partial charge < -0.3 is 25.4 Å². The first-order chi connectivity index (χ1) is 25.1. The molecule has 13 heteroatoms. The molecule has 6 atom stereocenters. The van der Waals surface area contributed by atoms with E-state index in [9.17, 15) is 29.1 Å². The quantitative estimate of drug-likeness (QED) is 0.107. The standard InChI is InChI=1S/C40H63N5O7S/c1-10-13-20-44(8)24-34(46)43-36(27(6)12-3)39(49)45(9)32(26(4)5)23-33(52-35(47)17-11-2)38-42-31(25-53-38)37(48)41-30(21-28(7)40(50)51)22-29-18-15-14-16-19-29/h14-16,18-19,25-28,30,32-33,36H,10-13,17,20-24H2,1-9H3,(H,41,48)(H,43,46)(H,50,51)/t27-,28-,30+,32+,33+,36-/m0/s1. The predicted molar refractivity (Wildman–Crippen MR) is 208 cm³/mol. The average Bonchev–Trinajstić information content (AvgIpc) is 3.61. The van der Waals surface area contributed by atoms with Gasteiger partial charge in [0.25, 0.3) is 5.91 Å². The van der Waals surface area contributed by atoms with Gasteiger partial charge in [0.2, 0.25) is 11.8 Å². The highest BCUT2D eigenvalue weighted by atomic mass is 32.1. The lowest BCUT2D eigenvalue weighted by molar-refractivity contribution is -0.151. The van der Waals surface area contributed by atoms with E-state index in [4.69, 9.17) is 4.74 Å². The number of rotatable bonds is 24. The number of carboxylic acids is 1. The highest BCUT2D eigenvalue weighted by Gasteiger charge is 2.36. The Morgan fingerprint density at radius 2 is 1.62 bits per heavy atom. The summed E-state index contributed by atoms with van der Waals surface area (Å²) in [6, 6.07) is 7.96. The largest absolute Gasteiger partial charge is 0.481 e. The van der Waals surface area contributed by atoms with Crippen molar-refractivity contribution in [2.24, 2.45) is 17.8 Å². The number of benzene rings is 1. The lowest BCUT2D eigenvalue weighted by Crippen LogP contribution is -2.55. The second-order valence-corrected chi connectivity index (χ2v) is 15.5. The summed E-state index contributed by atoms with van der Waals surface area (Å²) in [5, 5.41) is 17.6. The minimum atomic E-state index is -0.944. The normalized spacial score (nSPS) is 14.8. The second-order valence-electron chi connectivity index (χ2n) is 14.7. The number of ether oxygens (including phenoxy) is 1. The smallest absolute Gasteiger partial charge is 0.306 e. The van der Waals surface area contributed by atoms with Crippen molar-refractivity contribution in [3.05, 3.63) is 52.0 Å². The number of likely N-dealkylation sites (N-methyl/N-ethyl adjacent to an activating group) is 2. The van der Waals surface area contributed by atoms with E-state index in [-0.39, 0.29) is 55.2 Å². The molecule has 0 aliphatic heterocycles. The van der Waals surface area contributed by atoms with Gasteiger partial charge in [0.05, 0.1) is 12.5 Å². The number of hydrogen-bond donors (Lipinski definition) is 3. The van der Waals surface area contributed by atoms with Gasteiger partial charge in [-0.1, -0.05) is 91.6 Å².